The fraction of sp³-hybridized carbons (Fsp3) is 0.118. The smallest absolute Gasteiger partial charge is 0.237 e. The van der Waals surface area contributed by atoms with Gasteiger partial charge in [0.1, 0.15) is 0 Å². The van der Waals surface area contributed by atoms with E-state index in [9.17, 15) is 0 Å². The summed E-state index contributed by atoms with van der Waals surface area (Å²) in [6.45, 7) is 0. The highest BCUT2D eigenvalue weighted by Crippen LogP contribution is 2.26. The van der Waals surface area contributed by atoms with E-state index >= 15 is 0 Å². The number of thioether (sulfide) groups is 1. The van der Waals surface area contributed by atoms with Crippen LogP contribution in [0.2, 0.25) is 0 Å². The summed E-state index contributed by atoms with van der Waals surface area (Å²) in [7, 11) is 2.01. The zero-order valence-corrected chi connectivity index (χ0v) is 13.3. The van der Waals surface area contributed by atoms with Crippen molar-refractivity contribution in [3.8, 4) is 11.4 Å². The first-order valence-electron chi connectivity index (χ1n) is 7.23. The summed E-state index contributed by atoms with van der Waals surface area (Å²) < 4.78 is 7.41. The van der Waals surface area contributed by atoms with Gasteiger partial charge in [-0.05, 0) is 12.1 Å². The van der Waals surface area contributed by atoms with Gasteiger partial charge in [0.05, 0.1) is 16.8 Å². The first-order valence-corrected chi connectivity index (χ1v) is 8.22. The van der Waals surface area contributed by atoms with Gasteiger partial charge in [0.25, 0.3) is 0 Å². The lowest BCUT2D eigenvalue weighted by Gasteiger charge is -1.99. The van der Waals surface area contributed by atoms with Crippen LogP contribution in [-0.4, -0.2) is 19.7 Å². The topological polar surface area (TPSA) is 56.7 Å². The third kappa shape index (κ3) is 2.73. The monoisotopic (exact) mass is 322 g/mol. The molecule has 0 aliphatic rings. The molecule has 114 valence electrons. The Balaban J connectivity index is 1.53. The molecule has 5 nitrogen and oxygen atoms in total. The van der Waals surface area contributed by atoms with E-state index in [2.05, 4.69) is 25.8 Å². The average molecular weight is 322 g/mol. The quantitative estimate of drug-likeness (QED) is 0.533. The molecule has 0 atom stereocenters. The lowest BCUT2D eigenvalue weighted by molar-refractivity contribution is 0.391. The number of hydrogen-bond acceptors (Lipinski definition) is 5. The molecule has 2 aromatic carbocycles. The largest absolute Gasteiger partial charge is 0.338 e. The van der Waals surface area contributed by atoms with Gasteiger partial charge in [-0.3, -0.25) is 0 Å². The lowest BCUT2D eigenvalue weighted by Crippen LogP contribution is -1.91. The Hall–Kier alpha value is -2.60. The molecule has 0 N–H and O–H groups in total. The Labute approximate surface area is 137 Å². The minimum absolute atomic E-state index is 0.594. The molecular weight excluding hydrogens is 308 g/mol. The van der Waals surface area contributed by atoms with Crippen molar-refractivity contribution in [1.29, 1.82) is 0 Å². The van der Waals surface area contributed by atoms with Crippen molar-refractivity contribution in [2.75, 3.05) is 0 Å². The van der Waals surface area contributed by atoms with Crippen LogP contribution in [0.1, 0.15) is 5.89 Å². The molecule has 0 fully saturated rings. The van der Waals surface area contributed by atoms with Crippen LogP contribution in [-0.2, 0) is 12.8 Å². The molecule has 0 radical (unpaired) electrons. The molecule has 0 aliphatic carbocycles. The summed E-state index contributed by atoms with van der Waals surface area (Å²) in [4.78, 5) is 9.07. The number of imidazole rings is 1. The Kier molecular flexibility index (Phi) is 3.59. The first kappa shape index (κ1) is 14.0. The summed E-state index contributed by atoms with van der Waals surface area (Å²) in [5.74, 6) is 1.81. The van der Waals surface area contributed by atoms with E-state index in [1.807, 2.05) is 55.6 Å². The van der Waals surface area contributed by atoms with E-state index in [-0.39, 0.29) is 0 Å². The number of hydrogen-bond donors (Lipinski definition) is 0. The zero-order valence-electron chi connectivity index (χ0n) is 12.5. The van der Waals surface area contributed by atoms with Crippen molar-refractivity contribution >= 4 is 22.8 Å². The van der Waals surface area contributed by atoms with Gasteiger partial charge in [0.15, 0.2) is 5.16 Å². The minimum atomic E-state index is 0.594. The highest BCUT2D eigenvalue weighted by atomic mass is 32.2. The van der Waals surface area contributed by atoms with Gasteiger partial charge in [-0.1, -0.05) is 59.4 Å². The summed E-state index contributed by atoms with van der Waals surface area (Å²) in [6, 6.07) is 17.9. The lowest BCUT2D eigenvalue weighted by atomic mass is 10.2. The molecular formula is C17H14N4OS. The number of para-hydroxylation sites is 2. The van der Waals surface area contributed by atoms with Crippen LogP contribution in [0.5, 0.6) is 0 Å². The molecule has 23 heavy (non-hydrogen) atoms. The first-order chi connectivity index (χ1) is 11.3. The van der Waals surface area contributed by atoms with E-state index in [1.54, 1.807) is 11.8 Å². The van der Waals surface area contributed by atoms with Crippen LogP contribution in [0.15, 0.2) is 64.3 Å². The van der Waals surface area contributed by atoms with Crippen LogP contribution in [0, 0.1) is 0 Å². The molecule has 0 saturated carbocycles. The predicted molar refractivity (Wildman–Crippen MR) is 90.0 cm³/mol. The van der Waals surface area contributed by atoms with Gasteiger partial charge in [-0.25, -0.2) is 4.98 Å². The maximum atomic E-state index is 5.34. The standard InChI is InChI=1S/C17H14N4OS/c1-21-14-10-6-5-9-13(14)18-17(21)23-11-15-19-16(20-22-15)12-7-3-2-4-8-12/h2-10H,11H2,1H3. The Bertz CT molecular complexity index is 946. The second-order valence-electron chi connectivity index (χ2n) is 5.11. The number of aromatic nitrogens is 4. The Morgan fingerprint density at radius 1 is 1.00 bits per heavy atom. The fourth-order valence-corrected chi connectivity index (χ4v) is 3.22. The molecule has 4 aromatic rings. The van der Waals surface area contributed by atoms with E-state index in [0.717, 1.165) is 21.8 Å². The summed E-state index contributed by atoms with van der Waals surface area (Å²) in [5.41, 5.74) is 3.06. The van der Waals surface area contributed by atoms with Gasteiger partial charge < -0.3 is 9.09 Å². The maximum absolute atomic E-state index is 5.34. The van der Waals surface area contributed by atoms with Crippen LogP contribution >= 0.6 is 11.8 Å². The highest BCUT2D eigenvalue weighted by molar-refractivity contribution is 7.98. The molecule has 0 spiro atoms. The second kappa shape index (κ2) is 5.89. The Morgan fingerprint density at radius 3 is 2.61 bits per heavy atom. The summed E-state index contributed by atoms with van der Waals surface area (Å²) in [6.07, 6.45) is 0. The van der Waals surface area contributed by atoms with Crippen molar-refractivity contribution in [3.63, 3.8) is 0 Å². The van der Waals surface area contributed by atoms with Gasteiger partial charge in [0.2, 0.25) is 11.7 Å². The van der Waals surface area contributed by atoms with Gasteiger partial charge >= 0.3 is 0 Å². The minimum Gasteiger partial charge on any atom is -0.338 e. The van der Waals surface area contributed by atoms with Crippen molar-refractivity contribution in [2.45, 2.75) is 10.9 Å². The van der Waals surface area contributed by atoms with Gasteiger partial charge in [-0.15, -0.1) is 0 Å². The van der Waals surface area contributed by atoms with Crippen molar-refractivity contribution < 1.29 is 4.52 Å². The number of rotatable bonds is 4. The molecule has 2 heterocycles. The number of aryl methyl sites for hydroxylation is 1. The van der Waals surface area contributed by atoms with Gasteiger partial charge in [-0.2, -0.15) is 4.98 Å². The molecule has 0 saturated heterocycles. The third-order valence-corrected chi connectivity index (χ3v) is 4.59. The number of fused-ring (bicyclic) bond motifs is 1. The zero-order chi connectivity index (χ0) is 15.6. The van der Waals surface area contributed by atoms with Crippen LogP contribution in [0.3, 0.4) is 0 Å². The third-order valence-electron chi connectivity index (χ3n) is 3.57. The number of benzene rings is 2. The molecule has 0 amide bonds. The van der Waals surface area contributed by atoms with Gasteiger partial charge in [0, 0.05) is 12.6 Å². The van der Waals surface area contributed by atoms with E-state index in [0.29, 0.717) is 17.5 Å². The van der Waals surface area contributed by atoms with Crippen LogP contribution in [0.25, 0.3) is 22.4 Å². The SMILES string of the molecule is Cn1c(SCc2nc(-c3ccccc3)no2)nc2ccccc21. The molecule has 2 aromatic heterocycles. The van der Waals surface area contributed by atoms with E-state index < -0.39 is 0 Å². The highest BCUT2D eigenvalue weighted by Gasteiger charge is 2.12. The molecule has 0 unspecified atom stereocenters. The molecule has 6 heteroatoms. The Morgan fingerprint density at radius 2 is 1.78 bits per heavy atom. The fourth-order valence-electron chi connectivity index (χ4n) is 2.40. The van der Waals surface area contributed by atoms with E-state index in [4.69, 9.17) is 4.52 Å². The molecule has 0 aliphatic heterocycles. The van der Waals surface area contributed by atoms with Crippen LogP contribution in [0.4, 0.5) is 0 Å². The maximum Gasteiger partial charge on any atom is 0.237 e. The van der Waals surface area contributed by atoms with Crippen molar-refractivity contribution in [1.82, 2.24) is 19.7 Å². The molecule has 0 bridgehead atoms. The summed E-state index contributed by atoms with van der Waals surface area (Å²) >= 11 is 1.59. The summed E-state index contributed by atoms with van der Waals surface area (Å²) in [5, 5.41) is 4.97. The van der Waals surface area contributed by atoms with Crippen molar-refractivity contribution in [3.05, 3.63) is 60.5 Å². The second-order valence-corrected chi connectivity index (χ2v) is 6.05. The predicted octanol–water partition coefficient (Wildman–Crippen LogP) is 3.92. The van der Waals surface area contributed by atoms with Crippen molar-refractivity contribution in [2.24, 2.45) is 7.05 Å². The number of nitrogens with zero attached hydrogens (tertiary/aromatic N) is 4. The average Bonchev–Trinajstić information content (AvgIpc) is 3.19. The normalized spacial score (nSPS) is 11.2. The molecule has 4 rings (SSSR count). The van der Waals surface area contributed by atoms with E-state index in [1.165, 1.54) is 0 Å². The van der Waals surface area contributed by atoms with Crippen LogP contribution < -0.4 is 0 Å².